The molecule has 1 fully saturated rings. The van der Waals surface area contributed by atoms with Gasteiger partial charge in [0.2, 0.25) is 0 Å². The van der Waals surface area contributed by atoms with E-state index in [1.807, 2.05) is 12.1 Å². The number of aromatic nitrogens is 1. The molecule has 1 saturated heterocycles. The molecule has 4 heterocycles. The summed E-state index contributed by atoms with van der Waals surface area (Å²) in [6.07, 6.45) is 4.88. The van der Waals surface area contributed by atoms with Crippen LogP contribution in [0.4, 0.5) is 11.4 Å². The number of amides is 3. The van der Waals surface area contributed by atoms with Crippen LogP contribution in [-0.4, -0.2) is 46.7 Å². The predicted molar refractivity (Wildman–Crippen MR) is 124 cm³/mol. The fourth-order valence-corrected chi connectivity index (χ4v) is 5.23. The highest BCUT2D eigenvalue weighted by atomic mass is 35.5. The third-order valence-corrected chi connectivity index (χ3v) is 7.08. The van der Waals surface area contributed by atoms with Crippen molar-refractivity contribution in [3.8, 4) is 0 Å². The van der Waals surface area contributed by atoms with Gasteiger partial charge in [-0.3, -0.25) is 24.3 Å². The minimum atomic E-state index is -0.361. The molecule has 9 heteroatoms. The Kier molecular flexibility index (Phi) is 5.40. The minimum Gasteiger partial charge on any atom is -0.371 e. The molecule has 3 amide bonds. The predicted octanol–water partition coefficient (Wildman–Crippen LogP) is 4.31. The molecule has 1 aromatic carbocycles. The van der Waals surface area contributed by atoms with E-state index in [9.17, 15) is 14.4 Å². The van der Waals surface area contributed by atoms with Gasteiger partial charge in [-0.25, -0.2) is 0 Å². The summed E-state index contributed by atoms with van der Waals surface area (Å²) in [4.78, 5) is 47.1. The van der Waals surface area contributed by atoms with Crippen LogP contribution in [0.25, 0.3) is 0 Å². The van der Waals surface area contributed by atoms with Crippen molar-refractivity contribution in [3.05, 3.63) is 75.2 Å². The van der Waals surface area contributed by atoms with Gasteiger partial charge in [0.15, 0.2) is 0 Å². The molecule has 0 bridgehead atoms. The summed E-state index contributed by atoms with van der Waals surface area (Å²) in [5.41, 5.74) is 2.00. The maximum atomic E-state index is 13.3. The number of nitrogens with zero attached hydrogens (tertiary/aromatic N) is 3. The molecular weight excluding hydrogens is 448 g/mol. The standard InChI is InChI=1S/C23H19ClN4O3S/c24-19-5-4-18(32-19)21(29)26-17-3-1-2-16-20(17)23(31)28(22(16)30)15-8-12-27(13-9-15)14-6-10-25-11-7-14/h1-7,10-11,15H,8-9,12-13H2,(H,26,29). The Morgan fingerprint density at radius 1 is 1.03 bits per heavy atom. The summed E-state index contributed by atoms with van der Waals surface area (Å²) in [6, 6.07) is 12.0. The fourth-order valence-electron chi connectivity index (χ4n) is 4.30. The third-order valence-electron chi connectivity index (χ3n) is 5.85. The van der Waals surface area contributed by atoms with Crippen LogP contribution in [0.2, 0.25) is 4.34 Å². The third kappa shape index (κ3) is 3.65. The lowest BCUT2D eigenvalue weighted by Crippen LogP contribution is -2.47. The topological polar surface area (TPSA) is 82.6 Å². The van der Waals surface area contributed by atoms with E-state index in [2.05, 4.69) is 15.2 Å². The highest BCUT2D eigenvalue weighted by Crippen LogP contribution is 2.34. The first-order chi connectivity index (χ1) is 15.5. The number of carbonyl (C=O) groups is 3. The van der Waals surface area contributed by atoms with Crippen molar-refractivity contribution < 1.29 is 14.4 Å². The summed E-state index contributed by atoms with van der Waals surface area (Å²) < 4.78 is 0.504. The first kappa shape index (κ1) is 20.7. The Bertz CT molecular complexity index is 1200. The zero-order chi connectivity index (χ0) is 22.2. The van der Waals surface area contributed by atoms with Crippen LogP contribution >= 0.6 is 22.9 Å². The van der Waals surface area contributed by atoms with Crippen molar-refractivity contribution in [2.75, 3.05) is 23.3 Å². The van der Waals surface area contributed by atoms with Gasteiger partial charge in [0.25, 0.3) is 17.7 Å². The molecule has 2 aromatic heterocycles. The van der Waals surface area contributed by atoms with Gasteiger partial charge in [0, 0.05) is 37.2 Å². The van der Waals surface area contributed by atoms with Crippen molar-refractivity contribution in [3.63, 3.8) is 0 Å². The summed E-state index contributed by atoms with van der Waals surface area (Å²) >= 11 is 7.08. The molecule has 0 aliphatic carbocycles. The number of carbonyl (C=O) groups excluding carboxylic acids is 3. The molecule has 3 aromatic rings. The van der Waals surface area contributed by atoms with Gasteiger partial charge in [-0.15, -0.1) is 11.3 Å². The highest BCUT2D eigenvalue weighted by molar-refractivity contribution is 7.18. The second-order valence-electron chi connectivity index (χ2n) is 7.69. The summed E-state index contributed by atoms with van der Waals surface area (Å²) in [7, 11) is 0. The Labute approximate surface area is 193 Å². The van der Waals surface area contributed by atoms with Crippen LogP contribution in [0.3, 0.4) is 0 Å². The van der Waals surface area contributed by atoms with Crippen LogP contribution in [0.15, 0.2) is 54.9 Å². The number of pyridine rings is 1. The van der Waals surface area contributed by atoms with E-state index >= 15 is 0 Å². The fraction of sp³-hybridized carbons (Fsp3) is 0.217. The molecule has 5 rings (SSSR count). The number of nitrogens with one attached hydrogen (secondary N) is 1. The van der Waals surface area contributed by atoms with Crippen molar-refractivity contribution in [2.24, 2.45) is 0 Å². The molecule has 32 heavy (non-hydrogen) atoms. The van der Waals surface area contributed by atoms with Crippen LogP contribution in [0.1, 0.15) is 43.2 Å². The zero-order valence-corrected chi connectivity index (χ0v) is 18.5. The molecule has 0 radical (unpaired) electrons. The molecule has 2 aliphatic rings. The second kappa shape index (κ2) is 8.37. The van der Waals surface area contributed by atoms with E-state index in [0.717, 1.165) is 30.1 Å². The molecular formula is C23H19ClN4O3S. The Morgan fingerprint density at radius 3 is 2.47 bits per heavy atom. The number of imide groups is 1. The number of benzene rings is 1. The van der Waals surface area contributed by atoms with Gasteiger partial charge in [0.05, 0.1) is 26.0 Å². The molecule has 162 valence electrons. The van der Waals surface area contributed by atoms with Crippen LogP contribution < -0.4 is 10.2 Å². The first-order valence-corrected chi connectivity index (χ1v) is 11.4. The summed E-state index contributed by atoms with van der Waals surface area (Å²) in [5, 5.41) is 2.77. The van der Waals surface area contributed by atoms with E-state index in [0.29, 0.717) is 33.3 Å². The Hall–Kier alpha value is -3.23. The number of anilines is 2. The van der Waals surface area contributed by atoms with Gasteiger partial charge >= 0.3 is 0 Å². The second-order valence-corrected chi connectivity index (χ2v) is 9.41. The maximum Gasteiger partial charge on any atom is 0.265 e. The molecule has 0 atom stereocenters. The van der Waals surface area contributed by atoms with E-state index in [1.54, 1.807) is 42.7 Å². The molecule has 1 N–H and O–H groups in total. The number of hydrogen-bond acceptors (Lipinski definition) is 6. The van der Waals surface area contributed by atoms with Gasteiger partial charge in [-0.2, -0.15) is 0 Å². The van der Waals surface area contributed by atoms with Crippen LogP contribution in [0, 0.1) is 0 Å². The van der Waals surface area contributed by atoms with Crippen LogP contribution in [-0.2, 0) is 0 Å². The van der Waals surface area contributed by atoms with Crippen LogP contribution in [0.5, 0.6) is 0 Å². The average Bonchev–Trinajstić information content (AvgIpc) is 3.36. The van der Waals surface area contributed by atoms with Crippen molar-refractivity contribution in [1.82, 2.24) is 9.88 Å². The lowest BCUT2D eigenvalue weighted by molar-refractivity contribution is 0.0562. The molecule has 0 saturated carbocycles. The molecule has 2 aliphatic heterocycles. The smallest absolute Gasteiger partial charge is 0.265 e. The quantitative estimate of drug-likeness (QED) is 0.579. The lowest BCUT2D eigenvalue weighted by Gasteiger charge is -2.36. The number of halogens is 1. The maximum absolute atomic E-state index is 13.3. The van der Waals surface area contributed by atoms with Gasteiger partial charge in [-0.05, 0) is 49.2 Å². The SMILES string of the molecule is O=C(Nc1cccc2c1C(=O)N(C1CCN(c3ccncc3)CC1)C2=O)c1ccc(Cl)s1. The number of piperidine rings is 1. The number of hydrogen-bond donors (Lipinski definition) is 1. The van der Waals surface area contributed by atoms with E-state index in [4.69, 9.17) is 11.6 Å². The number of fused-ring (bicyclic) bond motifs is 1. The number of rotatable bonds is 4. The molecule has 0 spiro atoms. The Morgan fingerprint density at radius 2 is 1.78 bits per heavy atom. The van der Waals surface area contributed by atoms with E-state index < -0.39 is 0 Å². The number of thiophene rings is 1. The molecule has 7 nitrogen and oxygen atoms in total. The van der Waals surface area contributed by atoms with Gasteiger partial charge in [-0.1, -0.05) is 17.7 Å². The monoisotopic (exact) mass is 466 g/mol. The average molecular weight is 467 g/mol. The normalized spacial score (nSPS) is 16.4. The molecule has 0 unspecified atom stereocenters. The van der Waals surface area contributed by atoms with E-state index in [-0.39, 0.29) is 29.3 Å². The Balaban J connectivity index is 1.34. The summed E-state index contributed by atoms with van der Waals surface area (Å²) in [6.45, 7) is 1.48. The first-order valence-electron chi connectivity index (χ1n) is 10.3. The van der Waals surface area contributed by atoms with Gasteiger partial charge < -0.3 is 10.2 Å². The van der Waals surface area contributed by atoms with Crippen molar-refractivity contribution in [1.29, 1.82) is 0 Å². The highest BCUT2D eigenvalue weighted by Gasteiger charge is 2.42. The lowest BCUT2D eigenvalue weighted by atomic mass is 10.0. The van der Waals surface area contributed by atoms with Crippen molar-refractivity contribution >= 4 is 52.0 Å². The minimum absolute atomic E-state index is 0.180. The zero-order valence-electron chi connectivity index (χ0n) is 17.0. The van der Waals surface area contributed by atoms with Gasteiger partial charge in [0.1, 0.15) is 0 Å². The van der Waals surface area contributed by atoms with E-state index in [1.165, 1.54) is 4.90 Å². The van der Waals surface area contributed by atoms with Crippen molar-refractivity contribution in [2.45, 2.75) is 18.9 Å². The largest absolute Gasteiger partial charge is 0.371 e. The summed E-state index contributed by atoms with van der Waals surface area (Å²) in [5.74, 6) is -1.02.